The number of hydrogen-bond donors (Lipinski definition) is 3. The van der Waals surface area contributed by atoms with Crippen molar-refractivity contribution in [1.29, 1.82) is 4.78 Å². The van der Waals surface area contributed by atoms with Gasteiger partial charge in [0.25, 0.3) is 0 Å². The molecule has 0 saturated carbocycles. The van der Waals surface area contributed by atoms with Gasteiger partial charge in [0, 0.05) is 18.1 Å². The third kappa shape index (κ3) is 6.06. The number of unbranched alkanes of at least 4 members (excludes halogenated alkanes) is 1. The van der Waals surface area contributed by atoms with E-state index in [1.54, 1.807) is 29.8 Å². The van der Waals surface area contributed by atoms with Crippen LogP contribution < -0.4 is 14.8 Å². The Hall–Kier alpha value is -2.95. The molecule has 2 aromatic carbocycles. The van der Waals surface area contributed by atoms with E-state index in [2.05, 4.69) is 21.9 Å². The lowest BCUT2D eigenvalue weighted by Gasteiger charge is -2.20. The van der Waals surface area contributed by atoms with Crippen molar-refractivity contribution in [2.24, 2.45) is 0 Å². The monoisotopic (exact) mass is 474 g/mol. The lowest BCUT2D eigenvalue weighted by atomic mass is 10.1. The second kappa shape index (κ2) is 11.1. The van der Waals surface area contributed by atoms with Gasteiger partial charge in [-0.15, -0.1) is 11.3 Å². The number of esters is 1. The van der Waals surface area contributed by atoms with E-state index in [0.717, 1.165) is 12.8 Å². The minimum atomic E-state index is -3.56. The Bertz CT molecular complexity index is 1130. The highest BCUT2D eigenvalue weighted by Gasteiger charge is 2.24. The molecule has 0 fully saturated rings. The smallest absolute Gasteiger partial charge is 0.337 e. The van der Waals surface area contributed by atoms with Gasteiger partial charge in [-0.05, 0) is 30.7 Å². The number of para-hydroxylation sites is 1. The molecular weight excluding hydrogens is 448 g/mol. The van der Waals surface area contributed by atoms with Crippen LogP contribution in [0.15, 0.2) is 58.9 Å². The van der Waals surface area contributed by atoms with Crippen LogP contribution in [0.1, 0.15) is 35.1 Å². The fraction of sp³-hybridized carbons (Fsp3) is 0.273. The Labute approximate surface area is 192 Å². The van der Waals surface area contributed by atoms with Crippen LogP contribution in [0.5, 0.6) is 11.5 Å². The fourth-order valence-electron chi connectivity index (χ4n) is 2.88. The van der Waals surface area contributed by atoms with E-state index in [1.165, 1.54) is 24.5 Å². The largest absolute Gasteiger partial charge is 0.465 e. The van der Waals surface area contributed by atoms with Gasteiger partial charge >= 0.3 is 5.97 Å². The van der Waals surface area contributed by atoms with Crippen molar-refractivity contribution in [3.63, 3.8) is 0 Å². The first kappa shape index (κ1) is 23.7. The van der Waals surface area contributed by atoms with Gasteiger partial charge in [0.2, 0.25) is 0 Å². The summed E-state index contributed by atoms with van der Waals surface area (Å²) < 4.78 is 35.9. The molecule has 170 valence electrons. The highest BCUT2D eigenvalue weighted by atomic mass is 32.2. The number of aromatic nitrogens is 1. The maximum atomic E-state index is 13.5. The third-order valence-electron chi connectivity index (χ3n) is 4.50. The summed E-state index contributed by atoms with van der Waals surface area (Å²) in [7, 11) is -2.28. The van der Waals surface area contributed by atoms with Crippen molar-refractivity contribution in [3.8, 4) is 11.5 Å². The summed E-state index contributed by atoms with van der Waals surface area (Å²) in [4.78, 5) is 16.5. The number of carbonyl (C=O) groups is 1. The van der Waals surface area contributed by atoms with Gasteiger partial charge in [0.05, 0.1) is 24.9 Å². The number of anilines is 1. The number of rotatable bonds is 11. The first-order valence-electron chi connectivity index (χ1n) is 10.1. The number of ether oxygens (including phenoxy) is 2. The molecule has 0 radical (unpaired) electrons. The van der Waals surface area contributed by atoms with Crippen LogP contribution in [-0.2, 0) is 21.2 Å². The lowest BCUT2D eigenvalue weighted by molar-refractivity contribution is 0.0600. The molecule has 0 aliphatic carbocycles. The van der Waals surface area contributed by atoms with Gasteiger partial charge in [0.1, 0.15) is 25.6 Å². The second-order valence-electron chi connectivity index (χ2n) is 6.84. The van der Waals surface area contributed by atoms with E-state index in [0.29, 0.717) is 23.0 Å². The van der Waals surface area contributed by atoms with Gasteiger partial charge in [-0.25, -0.2) is 23.5 Å². The molecule has 1 atom stereocenters. The van der Waals surface area contributed by atoms with Crippen LogP contribution in [-0.4, -0.2) is 28.8 Å². The molecule has 8 nitrogen and oxygen atoms in total. The Kier molecular flexibility index (Phi) is 8.20. The van der Waals surface area contributed by atoms with Crippen LogP contribution >= 0.6 is 11.3 Å². The van der Waals surface area contributed by atoms with E-state index in [-0.39, 0.29) is 22.8 Å². The first-order valence-corrected chi connectivity index (χ1v) is 12.5. The molecule has 0 saturated heterocycles. The van der Waals surface area contributed by atoms with E-state index in [1.807, 2.05) is 18.2 Å². The van der Waals surface area contributed by atoms with E-state index in [9.17, 15) is 9.00 Å². The number of nitrogens with zero attached hydrogens (tertiary/aromatic N) is 1. The number of carbonyl (C=O) groups excluding carboxylic acids is 1. The molecule has 1 unspecified atom stereocenters. The molecule has 0 aliphatic rings. The van der Waals surface area contributed by atoms with Crippen LogP contribution in [0.4, 0.5) is 5.69 Å². The summed E-state index contributed by atoms with van der Waals surface area (Å²) in [6.07, 6.45) is 3.50. The quantitative estimate of drug-likeness (QED) is 0.265. The average molecular weight is 475 g/mol. The van der Waals surface area contributed by atoms with Crippen LogP contribution in [0.25, 0.3) is 0 Å². The summed E-state index contributed by atoms with van der Waals surface area (Å²) in [6, 6.07) is 12.0. The standard InChI is InChI=1S/C22H26N4O4S2/c1-3-4-10-24-18-13-16(22(27)29-2)14-19(21(18)30-17-8-6-5-7-9-17)32(23,28)26-15-20-25-11-12-31-20/h5-9,11-14,24H,3-4,10,15H2,1-2H3,(H2,23,26,28). The zero-order chi connectivity index (χ0) is 23.0. The molecule has 0 aliphatic heterocycles. The van der Waals surface area contributed by atoms with Crippen molar-refractivity contribution in [1.82, 2.24) is 9.71 Å². The summed E-state index contributed by atoms with van der Waals surface area (Å²) in [5, 5.41) is 5.76. The molecule has 10 heteroatoms. The molecule has 0 amide bonds. The highest BCUT2D eigenvalue weighted by molar-refractivity contribution is 7.90. The maximum absolute atomic E-state index is 13.5. The summed E-state index contributed by atoms with van der Waals surface area (Å²) in [5.74, 6) is 0.158. The predicted molar refractivity (Wildman–Crippen MR) is 126 cm³/mol. The fourth-order valence-corrected chi connectivity index (χ4v) is 4.72. The van der Waals surface area contributed by atoms with Crippen LogP contribution in [0, 0.1) is 4.78 Å². The molecule has 32 heavy (non-hydrogen) atoms. The average Bonchev–Trinajstić information content (AvgIpc) is 3.32. The van der Waals surface area contributed by atoms with Crippen molar-refractivity contribution in [3.05, 3.63) is 64.6 Å². The zero-order valence-corrected chi connectivity index (χ0v) is 19.6. The van der Waals surface area contributed by atoms with Crippen molar-refractivity contribution < 1.29 is 18.5 Å². The molecular formula is C22H26N4O4S2. The maximum Gasteiger partial charge on any atom is 0.337 e. The molecule has 3 N–H and O–H groups in total. The lowest BCUT2D eigenvalue weighted by Crippen LogP contribution is -2.23. The van der Waals surface area contributed by atoms with Gasteiger partial charge in [-0.2, -0.15) is 0 Å². The molecule has 0 spiro atoms. The van der Waals surface area contributed by atoms with Gasteiger partial charge in [-0.1, -0.05) is 31.5 Å². The Balaban J connectivity index is 2.09. The van der Waals surface area contributed by atoms with E-state index in [4.69, 9.17) is 14.3 Å². The van der Waals surface area contributed by atoms with Crippen LogP contribution in [0.3, 0.4) is 0 Å². The predicted octanol–water partition coefficient (Wildman–Crippen LogP) is 5.04. The van der Waals surface area contributed by atoms with Crippen molar-refractivity contribution >= 4 is 32.9 Å². The Morgan fingerprint density at radius 2 is 2.03 bits per heavy atom. The minimum Gasteiger partial charge on any atom is -0.465 e. The summed E-state index contributed by atoms with van der Waals surface area (Å²) in [5.41, 5.74) is 0.647. The number of benzene rings is 2. The Morgan fingerprint density at radius 3 is 2.69 bits per heavy atom. The van der Waals surface area contributed by atoms with E-state index < -0.39 is 15.9 Å². The van der Waals surface area contributed by atoms with Crippen molar-refractivity contribution in [2.45, 2.75) is 31.2 Å². The van der Waals surface area contributed by atoms with Gasteiger partial charge in [0.15, 0.2) is 5.75 Å². The number of thiazole rings is 1. The SMILES string of the molecule is CCCCNc1cc(C(=O)OC)cc(S(=N)(=O)NCc2nccs2)c1Oc1ccccc1. The highest BCUT2D eigenvalue weighted by Crippen LogP contribution is 2.38. The molecule has 1 aromatic heterocycles. The second-order valence-corrected chi connectivity index (χ2v) is 9.66. The number of hydrogen-bond acceptors (Lipinski definition) is 8. The zero-order valence-electron chi connectivity index (χ0n) is 17.9. The van der Waals surface area contributed by atoms with Gasteiger partial charge < -0.3 is 14.8 Å². The Morgan fingerprint density at radius 1 is 1.25 bits per heavy atom. The molecule has 3 rings (SSSR count). The topological polar surface area (TPSA) is 113 Å². The number of methoxy groups -OCH3 is 1. The third-order valence-corrected chi connectivity index (χ3v) is 6.76. The van der Waals surface area contributed by atoms with E-state index >= 15 is 0 Å². The molecule has 0 bridgehead atoms. The normalized spacial score (nSPS) is 12.7. The molecule has 1 heterocycles. The van der Waals surface area contributed by atoms with Gasteiger partial charge in [-0.3, -0.25) is 0 Å². The molecule has 3 aromatic rings. The number of nitrogens with one attached hydrogen (secondary N) is 3. The summed E-state index contributed by atoms with van der Waals surface area (Å²) >= 11 is 1.39. The summed E-state index contributed by atoms with van der Waals surface area (Å²) in [6.45, 7) is 2.84. The van der Waals surface area contributed by atoms with Crippen LogP contribution in [0.2, 0.25) is 0 Å². The first-order chi connectivity index (χ1) is 15.4. The minimum absolute atomic E-state index is 0.0554. The van der Waals surface area contributed by atoms with Crippen molar-refractivity contribution in [2.75, 3.05) is 19.0 Å².